The molecule has 0 spiro atoms. The second kappa shape index (κ2) is 2.74. The number of nitrogens with two attached hydrogens (primary N) is 1. The Kier molecular flexibility index (Phi) is 1.59. The number of nitrogens with zero attached hydrogens (tertiary/aromatic N) is 3. The number of aromatic nitrogens is 4. The van der Waals surface area contributed by atoms with Crippen LogP contribution in [-0.4, -0.2) is 25.7 Å². The van der Waals surface area contributed by atoms with E-state index in [4.69, 9.17) is 5.73 Å². The van der Waals surface area contributed by atoms with Crippen LogP contribution in [0.5, 0.6) is 5.75 Å². The van der Waals surface area contributed by atoms with Crippen molar-refractivity contribution >= 4 is 5.69 Å². The maximum atomic E-state index is 9.43. The second-order valence-electron chi connectivity index (χ2n) is 2.51. The lowest BCUT2D eigenvalue weighted by Crippen LogP contribution is -1.87. The number of hydrogen-bond donors (Lipinski definition) is 3. The zero-order valence-corrected chi connectivity index (χ0v) is 6.60. The summed E-state index contributed by atoms with van der Waals surface area (Å²) in [6.45, 7) is 0. The highest BCUT2D eigenvalue weighted by Crippen LogP contribution is 2.27. The van der Waals surface area contributed by atoms with Crippen molar-refractivity contribution in [3.8, 4) is 17.1 Å². The van der Waals surface area contributed by atoms with Crippen molar-refractivity contribution in [2.24, 2.45) is 0 Å². The Bertz CT molecular complexity index is 411. The van der Waals surface area contributed by atoms with Crippen LogP contribution in [0, 0.1) is 0 Å². The summed E-state index contributed by atoms with van der Waals surface area (Å²) in [5.41, 5.74) is 6.54. The number of phenols is 1. The molecule has 4 N–H and O–H groups in total. The fourth-order valence-electron chi connectivity index (χ4n) is 1.01. The van der Waals surface area contributed by atoms with E-state index in [2.05, 4.69) is 20.6 Å². The molecule has 0 aliphatic heterocycles. The average Bonchev–Trinajstić information content (AvgIpc) is 2.61. The molecule has 0 atom stereocenters. The van der Waals surface area contributed by atoms with Crippen LogP contribution < -0.4 is 5.73 Å². The Hall–Kier alpha value is -2.11. The first-order chi connectivity index (χ1) is 6.27. The number of benzene rings is 1. The van der Waals surface area contributed by atoms with E-state index in [1.807, 2.05) is 0 Å². The molecule has 1 aromatic heterocycles. The molecule has 1 aromatic carbocycles. The molecule has 0 amide bonds. The van der Waals surface area contributed by atoms with Gasteiger partial charge in [-0.1, -0.05) is 0 Å². The molecule has 0 aliphatic rings. The molecule has 0 aliphatic carbocycles. The first-order valence-corrected chi connectivity index (χ1v) is 3.59. The number of H-pyrrole nitrogens is 1. The third-order valence-electron chi connectivity index (χ3n) is 1.61. The molecule has 0 saturated heterocycles. The van der Waals surface area contributed by atoms with E-state index in [0.717, 1.165) is 0 Å². The summed E-state index contributed by atoms with van der Waals surface area (Å²) in [4.78, 5) is 0. The van der Waals surface area contributed by atoms with E-state index in [1.54, 1.807) is 12.1 Å². The number of anilines is 1. The monoisotopic (exact) mass is 177 g/mol. The van der Waals surface area contributed by atoms with Gasteiger partial charge < -0.3 is 10.8 Å². The summed E-state index contributed by atoms with van der Waals surface area (Å²) < 4.78 is 0. The van der Waals surface area contributed by atoms with Crippen LogP contribution in [0.25, 0.3) is 11.4 Å². The Morgan fingerprint density at radius 2 is 2.23 bits per heavy atom. The molecular weight excluding hydrogens is 170 g/mol. The fourth-order valence-corrected chi connectivity index (χ4v) is 1.01. The van der Waals surface area contributed by atoms with Crippen molar-refractivity contribution in [1.82, 2.24) is 20.6 Å². The molecule has 6 heteroatoms. The van der Waals surface area contributed by atoms with Gasteiger partial charge in [-0.05, 0) is 23.4 Å². The maximum absolute atomic E-state index is 9.43. The molecule has 0 fully saturated rings. The molecule has 1 heterocycles. The Morgan fingerprint density at radius 1 is 1.38 bits per heavy atom. The fraction of sp³-hybridized carbons (Fsp3) is 0. The molecule has 13 heavy (non-hydrogen) atoms. The van der Waals surface area contributed by atoms with Crippen LogP contribution in [-0.2, 0) is 0 Å². The molecule has 0 unspecified atom stereocenters. The van der Waals surface area contributed by atoms with Crippen LogP contribution in [0.4, 0.5) is 5.69 Å². The van der Waals surface area contributed by atoms with Gasteiger partial charge in [0.25, 0.3) is 0 Å². The number of rotatable bonds is 1. The smallest absolute Gasteiger partial charge is 0.208 e. The highest BCUT2D eigenvalue weighted by atomic mass is 16.3. The minimum Gasteiger partial charge on any atom is -0.507 e. The van der Waals surface area contributed by atoms with Crippen molar-refractivity contribution in [3.05, 3.63) is 18.2 Å². The number of tetrazole rings is 1. The Balaban J connectivity index is 2.57. The minimum atomic E-state index is 0.0793. The van der Waals surface area contributed by atoms with Gasteiger partial charge in [0.2, 0.25) is 5.82 Å². The van der Waals surface area contributed by atoms with E-state index >= 15 is 0 Å². The van der Waals surface area contributed by atoms with Gasteiger partial charge in [0, 0.05) is 5.69 Å². The third-order valence-corrected chi connectivity index (χ3v) is 1.61. The van der Waals surface area contributed by atoms with Crippen molar-refractivity contribution in [1.29, 1.82) is 0 Å². The van der Waals surface area contributed by atoms with Gasteiger partial charge in [0.05, 0.1) is 5.56 Å². The maximum Gasteiger partial charge on any atom is 0.208 e. The summed E-state index contributed by atoms with van der Waals surface area (Å²) in [6, 6.07) is 4.67. The lowest BCUT2D eigenvalue weighted by molar-refractivity contribution is 0.477. The summed E-state index contributed by atoms with van der Waals surface area (Å²) >= 11 is 0. The normalized spacial score (nSPS) is 10.2. The van der Waals surface area contributed by atoms with Gasteiger partial charge in [-0.25, -0.2) is 0 Å². The van der Waals surface area contributed by atoms with Crippen LogP contribution in [0.2, 0.25) is 0 Å². The van der Waals surface area contributed by atoms with E-state index in [1.165, 1.54) is 6.07 Å². The zero-order chi connectivity index (χ0) is 9.26. The molecule has 66 valence electrons. The number of nitrogen functional groups attached to an aromatic ring is 1. The van der Waals surface area contributed by atoms with E-state index in [-0.39, 0.29) is 5.75 Å². The Morgan fingerprint density at radius 3 is 2.92 bits per heavy atom. The number of phenolic OH excluding ortho intramolecular Hbond substituents is 1. The lowest BCUT2D eigenvalue weighted by atomic mass is 10.2. The molecule has 0 radical (unpaired) electrons. The van der Waals surface area contributed by atoms with E-state index < -0.39 is 0 Å². The molecular formula is C7H7N5O. The van der Waals surface area contributed by atoms with Gasteiger partial charge in [0.15, 0.2) is 0 Å². The number of aromatic hydroxyl groups is 1. The zero-order valence-electron chi connectivity index (χ0n) is 6.60. The van der Waals surface area contributed by atoms with Gasteiger partial charge in [-0.15, -0.1) is 10.2 Å². The van der Waals surface area contributed by atoms with Crippen LogP contribution in [0.3, 0.4) is 0 Å². The first kappa shape index (κ1) is 7.53. The third kappa shape index (κ3) is 1.28. The van der Waals surface area contributed by atoms with Crippen molar-refractivity contribution in [2.45, 2.75) is 0 Å². The molecule has 2 aromatic rings. The summed E-state index contributed by atoms with van der Waals surface area (Å²) in [5.74, 6) is 0.403. The molecule has 0 saturated carbocycles. The van der Waals surface area contributed by atoms with Gasteiger partial charge in [0.1, 0.15) is 5.75 Å². The summed E-state index contributed by atoms with van der Waals surface area (Å²) in [7, 11) is 0. The van der Waals surface area contributed by atoms with Gasteiger partial charge in [-0.3, -0.25) is 0 Å². The predicted molar refractivity (Wildman–Crippen MR) is 45.7 cm³/mol. The van der Waals surface area contributed by atoms with Crippen LogP contribution in [0.1, 0.15) is 0 Å². The van der Waals surface area contributed by atoms with E-state index in [9.17, 15) is 5.11 Å². The van der Waals surface area contributed by atoms with Gasteiger partial charge >= 0.3 is 0 Å². The van der Waals surface area contributed by atoms with Crippen molar-refractivity contribution in [3.63, 3.8) is 0 Å². The standard InChI is InChI=1S/C7H7N5O/c8-4-1-2-6(13)5(3-4)7-9-11-12-10-7/h1-3,13H,8H2,(H,9,10,11,12). The summed E-state index contributed by atoms with van der Waals surface area (Å²) in [5, 5.41) is 22.6. The Labute approximate surface area is 73.4 Å². The predicted octanol–water partition coefficient (Wildman–Crippen LogP) is 0.154. The van der Waals surface area contributed by atoms with E-state index in [0.29, 0.717) is 17.1 Å². The van der Waals surface area contributed by atoms with Crippen LogP contribution in [0.15, 0.2) is 18.2 Å². The highest BCUT2D eigenvalue weighted by Gasteiger charge is 2.08. The highest BCUT2D eigenvalue weighted by molar-refractivity contribution is 5.67. The van der Waals surface area contributed by atoms with Gasteiger partial charge in [-0.2, -0.15) is 5.21 Å². The van der Waals surface area contributed by atoms with Crippen molar-refractivity contribution < 1.29 is 5.11 Å². The number of nitrogens with one attached hydrogen (secondary N) is 1. The SMILES string of the molecule is Nc1ccc(O)c(-c2nn[nH]n2)c1. The first-order valence-electron chi connectivity index (χ1n) is 3.59. The lowest BCUT2D eigenvalue weighted by Gasteiger charge is -1.99. The topological polar surface area (TPSA) is 101 Å². The second-order valence-corrected chi connectivity index (χ2v) is 2.51. The number of aromatic amines is 1. The summed E-state index contributed by atoms with van der Waals surface area (Å²) in [6.07, 6.45) is 0. The van der Waals surface area contributed by atoms with Crippen molar-refractivity contribution in [2.75, 3.05) is 5.73 Å². The minimum absolute atomic E-state index is 0.0793. The largest absolute Gasteiger partial charge is 0.507 e. The molecule has 0 bridgehead atoms. The number of hydrogen-bond acceptors (Lipinski definition) is 5. The molecule has 2 rings (SSSR count). The molecule has 6 nitrogen and oxygen atoms in total. The quantitative estimate of drug-likeness (QED) is 0.425. The average molecular weight is 177 g/mol. The van der Waals surface area contributed by atoms with Crippen LogP contribution >= 0.6 is 0 Å².